The summed E-state index contributed by atoms with van der Waals surface area (Å²) in [6, 6.07) is 7.40. The van der Waals surface area contributed by atoms with Crippen molar-refractivity contribution in [1.29, 1.82) is 0 Å². The Hall–Kier alpha value is -2.36. The molecule has 1 aliphatic heterocycles. The largest absolute Gasteiger partial charge is 0.359 e. The van der Waals surface area contributed by atoms with Crippen molar-refractivity contribution in [1.82, 2.24) is 4.98 Å². The van der Waals surface area contributed by atoms with E-state index in [4.69, 9.17) is 0 Å². The van der Waals surface area contributed by atoms with Crippen LogP contribution in [0.3, 0.4) is 0 Å². The number of rotatable bonds is 1. The minimum absolute atomic E-state index is 0.299. The van der Waals surface area contributed by atoms with Crippen LogP contribution in [-0.4, -0.2) is 16.8 Å². The average Bonchev–Trinajstić information content (AvgIpc) is 2.86. The van der Waals surface area contributed by atoms with Gasteiger partial charge < -0.3 is 4.98 Å². The Labute approximate surface area is 91.2 Å². The van der Waals surface area contributed by atoms with Crippen LogP contribution in [0.2, 0.25) is 0 Å². The van der Waals surface area contributed by atoms with Crippen LogP contribution >= 0.6 is 0 Å². The molecule has 0 fully saturated rings. The quantitative estimate of drug-likeness (QED) is 0.730. The molecule has 0 atom stereocenters. The number of aromatic amines is 1. The summed E-state index contributed by atoms with van der Waals surface area (Å²) in [5.41, 5.74) is 1.40. The molecule has 1 aromatic heterocycles. The smallest absolute Gasteiger partial charge is 0.258 e. The summed E-state index contributed by atoms with van der Waals surface area (Å²) < 4.78 is 0. The number of anilines is 1. The third-order valence-electron chi connectivity index (χ3n) is 2.62. The lowest BCUT2D eigenvalue weighted by molar-refractivity contribution is -0.119. The number of carbonyl (C=O) groups is 2. The van der Waals surface area contributed by atoms with E-state index in [1.807, 2.05) is 18.2 Å². The van der Waals surface area contributed by atoms with E-state index in [-0.39, 0.29) is 11.8 Å². The highest BCUT2D eigenvalue weighted by atomic mass is 16.2. The number of benzene rings is 1. The van der Waals surface area contributed by atoms with Crippen molar-refractivity contribution in [3.05, 3.63) is 42.6 Å². The van der Waals surface area contributed by atoms with Gasteiger partial charge >= 0.3 is 0 Å². The number of fused-ring (bicyclic) bond motifs is 1. The van der Waals surface area contributed by atoms with Gasteiger partial charge in [-0.2, -0.15) is 0 Å². The summed E-state index contributed by atoms with van der Waals surface area (Å²) in [6.07, 6.45) is 4.35. The highest BCUT2D eigenvalue weighted by molar-refractivity contribution is 6.29. The van der Waals surface area contributed by atoms with Gasteiger partial charge in [0.25, 0.3) is 11.8 Å². The molecule has 78 valence electrons. The van der Waals surface area contributed by atoms with Crippen molar-refractivity contribution in [2.45, 2.75) is 0 Å². The number of carbonyl (C=O) groups excluding carboxylic acids is 2. The van der Waals surface area contributed by atoms with Gasteiger partial charge in [0.05, 0.1) is 11.2 Å². The minimum Gasteiger partial charge on any atom is -0.359 e. The Morgan fingerprint density at radius 2 is 1.75 bits per heavy atom. The third kappa shape index (κ3) is 1.10. The molecule has 0 saturated carbocycles. The molecule has 4 nitrogen and oxygen atoms in total. The lowest BCUT2D eigenvalue weighted by Gasteiger charge is -2.14. The normalized spacial score (nSPS) is 15.4. The topological polar surface area (TPSA) is 53.2 Å². The van der Waals surface area contributed by atoms with E-state index in [1.165, 1.54) is 17.1 Å². The van der Waals surface area contributed by atoms with Crippen LogP contribution in [0.1, 0.15) is 0 Å². The van der Waals surface area contributed by atoms with Crippen LogP contribution in [0.15, 0.2) is 42.6 Å². The summed E-state index contributed by atoms with van der Waals surface area (Å²) in [5, 5.41) is 0.977. The fourth-order valence-electron chi connectivity index (χ4n) is 1.89. The number of hydrogen-bond donors (Lipinski definition) is 1. The van der Waals surface area contributed by atoms with Crippen molar-refractivity contribution in [2.75, 3.05) is 4.90 Å². The molecule has 1 aliphatic rings. The maximum Gasteiger partial charge on any atom is 0.258 e. The molecule has 0 unspecified atom stereocenters. The minimum atomic E-state index is -0.299. The van der Waals surface area contributed by atoms with Crippen LogP contribution in [0.5, 0.6) is 0 Å². The van der Waals surface area contributed by atoms with E-state index in [0.29, 0.717) is 5.69 Å². The second kappa shape index (κ2) is 3.06. The molecular formula is C12H8N2O2. The molecule has 2 aromatic rings. The zero-order valence-electron chi connectivity index (χ0n) is 8.31. The molecule has 1 N–H and O–H groups in total. The molecule has 0 saturated heterocycles. The first kappa shape index (κ1) is 8.91. The van der Waals surface area contributed by atoms with E-state index < -0.39 is 0 Å². The number of H-pyrrole nitrogens is 1. The summed E-state index contributed by atoms with van der Waals surface area (Å²) >= 11 is 0. The Morgan fingerprint density at radius 1 is 1.00 bits per heavy atom. The lowest BCUT2D eigenvalue weighted by Crippen LogP contribution is -2.29. The van der Waals surface area contributed by atoms with E-state index >= 15 is 0 Å². The van der Waals surface area contributed by atoms with Gasteiger partial charge in [0.1, 0.15) is 0 Å². The average molecular weight is 212 g/mol. The molecule has 4 heteroatoms. The summed E-state index contributed by atoms with van der Waals surface area (Å²) in [5.74, 6) is -0.598. The van der Waals surface area contributed by atoms with Gasteiger partial charge in [-0.05, 0) is 12.1 Å². The number of aromatic nitrogens is 1. The van der Waals surface area contributed by atoms with E-state index in [1.54, 1.807) is 12.3 Å². The van der Waals surface area contributed by atoms with E-state index in [9.17, 15) is 9.59 Å². The molecule has 2 heterocycles. The SMILES string of the molecule is O=C1C=CC(=O)N1c1cccc2cc[nH]c12. The molecule has 0 radical (unpaired) electrons. The number of imide groups is 1. The fourth-order valence-corrected chi connectivity index (χ4v) is 1.89. The monoisotopic (exact) mass is 212 g/mol. The van der Waals surface area contributed by atoms with Crippen LogP contribution in [-0.2, 0) is 9.59 Å². The molecule has 16 heavy (non-hydrogen) atoms. The zero-order chi connectivity index (χ0) is 11.1. The van der Waals surface area contributed by atoms with Gasteiger partial charge in [-0.3, -0.25) is 9.59 Å². The standard InChI is InChI=1S/C12H8N2O2/c15-10-4-5-11(16)14(10)9-3-1-2-8-6-7-13-12(8)9/h1-7,13H. The summed E-state index contributed by atoms with van der Waals surface area (Å²) in [6.45, 7) is 0. The maximum absolute atomic E-state index is 11.6. The van der Waals surface area contributed by atoms with Gasteiger partial charge in [0.2, 0.25) is 0 Å². The Kier molecular flexibility index (Phi) is 1.71. The molecule has 0 spiro atoms. The van der Waals surface area contributed by atoms with Crippen molar-refractivity contribution < 1.29 is 9.59 Å². The summed E-state index contributed by atoms with van der Waals surface area (Å²) in [4.78, 5) is 27.3. The molecule has 0 bridgehead atoms. The van der Waals surface area contributed by atoms with Gasteiger partial charge in [0, 0.05) is 23.7 Å². The predicted molar refractivity (Wildman–Crippen MR) is 59.9 cm³/mol. The van der Waals surface area contributed by atoms with Gasteiger partial charge in [0.15, 0.2) is 0 Å². The second-order valence-corrected chi connectivity index (χ2v) is 3.56. The van der Waals surface area contributed by atoms with Crippen molar-refractivity contribution in [2.24, 2.45) is 0 Å². The van der Waals surface area contributed by atoms with Crippen molar-refractivity contribution in [3.8, 4) is 0 Å². The van der Waals surface area contributed by atoms with Gasteiger partial charge in [-0.25, -0.2) is 4.90 Å². The highest BCUT2D eigenvalue weighted by Gasteiger charge is 2.26. The number of para-hydroxylation sites is 1. The summed E-state index contributed by atoms with van der Waals surface area (Å²) in [7, 11) is 0. The second-order valence-electron chi connectivity index (χ2n) is 3.56. The molecule has 3 rings (SSSR count). The Morgan fingerprint density at radius 3 is 2.50 bits per heavy atom. The maximum atomic E-state index is 11.6. The number of amides is 2. The first-order chi connectivity index (χ1) is 7.77. The molecule has 1 aromatic carbocycles. The van der Waals surface area contributed by atoms with E-state index in [2.05, 4.69) is 4.98 Å². The first-order valence-electron chi connectivity index (χ1n) is 4.89. The zero-order valence-corrected chi connectivity index (χ0v) is 8.31. The van der Waals surface area contributed by atoms with Crippen LogP contribution in [0.25, 0.3) is 10.9 Å². The van der Waals surface area contributed by atoms with Crippen LogP contribution < -0.4 is 4.90 Å². The molecule has 2 amide bonds. The fraction of sp³-hybridized carbons (Fsp3) is 0. The highest BCUT2D eigenvalue weighted by Crippen LogP contribution is 2.27. The number of nitrogens with zero attached hydrogens (tertiary/aromatic N) is 1. The van der Waals surface area contributed by atoms with E-state index in [0.717, 1.165) is 10.9 Å². The Bertz CT molecular complexity index is 607. The first-order valence-corrected chi connectivity index (χ1v) is 4.89. The number of hydrogen-bond acceptors (Lipinski definition) is 2. The predicted octanol–water partition coefficient (Wildman–Crippen LogP) is 1.60. The lowest BCUT2D eigenvalue weighted by atomic mass is 10.2. The third-order valence-corrected chi connectivity index (χ3v) is 2.62. The molecule has 0 aliphatic carbocycles. The van der Waals surface area contributed by atoms with Crippen LogP contribution in [0.4, 0.5) is 5.69 Å². The van der Waals surface area contributed by atoms with Crippen LogP contribution in [0, 0.1) is 0 Å². The van der Waals surface area contributed by atoms with Gasteiger partial charge in [-0.1, -0.05) is 12.1 Å². The van der Waals surface area contributed by atoms with Gasteiger partial charge in [-0.15, -0.1) is 0 Å². The Balaban J connectivity index is 2.23. The van der Waals surface area contributed by atoms with Crippen molar-refractivity contribution in [3.63, 3.8) is 0 Å². The molecular weight excluding hydrogens is 204 g/mol. The van der Waals surface area contributed by atoms with Crippen molar-refractivity contribution >= 4 is 28.4 Å². The number of nitrogens with one attached hydrogen (secondary N) is 1.